The minimum atomic E-state index is -0.0880. The van der Waals surface area contributed by atoms with Crippen LogP contribution in [0.25, 0.3) is 0 Å². The van der Waals surface area contributed by atoms with Gasteiger partial charge in [0.05, 0.1) is 0 Å². The second kappa shape index (κ2) is 4.91. The molecule has 0 saturated heterocycles. The van der Waals surface area contributed by atoms with Crippen LogP contribution in [0.15, 0.2) is 23.8 Å². The zero-order chi connectivity index (χ0) is 16.4. The third kappa shape index (κ3) is 1.87. The number of carbonyl (C=O) groups is 2. The van der Waals surface area contributed by atoms with Crippen LogP contribution >= 0.6 is 0 Å². The number of hydrogen-bond donors (Lipinski definition) is 0. The van der Waals surface area contributed by atoms with Gasteiger partial charge in [-0.15, -0.1) is 0 Å². The Labute approximate surface area is 139 Å². The van der Waals surface area contributed by atoms with Gasteiger partial charge in [-0.05, 0) is 60.0 Å². The predicted molar refractivity (Wildman–Crippen MR) is 90.8 cm³/mol. The van der Waals surface area contributed by atoms with Crippen molar-refractivity contribution in [3.8, 4) is 0 Å². The average Bonchev–Trinajstić information content (AvgIpc) is 2.83. The molecule has 0 N–H and O–H groups in total. The van der Waals surface area contributed by atoms with Gasteiger partial charge in [0.25, 0.3) is 0 Å². The average molecular weight is 312 g/mol. The second-order valence-electron chi connectivity index (χ2n) is 8.73. The topological polar surface area (TPSA) is 34.1 Å². The van der Waals surface area contributed by atoms with Gasteiger partial charge in [0.1, 0.15) is 5.78 Å². The van der Waals surface area contributed by atoms with Crippen LogP contribution in [0.3, 0.4) is 0 Å². The Morgan fingerprint density at radius 1 is 1.17 bits per heavy atom. The van der Waals surface area contributed by atoms with Crippen LogP contribution < -0.4 is 0 Å². The first-order valence-electron chi connectivity index (χ1n) is 9.37. The summed E-state index contributed by atoms with van der Waals surface area (Å²) < 4.78 is 0. The maximum atomic E-state index is 12.5. The molecule has 0 radical (unpaired) electrons. The largest absolute Gasteiger partial charge is 0.299 e. The van der Waals surface area contributed by atoms with Crippen molar-refractivity contribution >= 4 is 11.6 Å². The number of carbonyl (C=O) groups excluding carboxylic acids is 2. The Morgan fingerprint density at radius 2 is 1.96 bits per heavy atom. The Kier molecular flexibility index (Phi) is 3.28. The summed E-state index contributed by atoms with van der Waals surface area (Å²) >= 11 is 0. The molecule has 0 aromatic carbocycles. The van der Waals surface area contributed by atoms with Gasteiger partial charge in [0.2, 0.25) is 0 Å². The molecule has 4 aliphatic rings. The predicted octanol–water partition coefficient (Wildman–Crippen LogP) is 4.50. The fourth-order valence-electron chi connectivity index (χ4n) is 6.54. The van der Waals surface area contributed by atoms with Crippen molar-refractivity contribution in [1.29, 1.82) is 0 Å². The smallest absolute Gasteiger partial charge is 0.156 e. The van der Waals surface area contributed by atoms with Gasteiger partial charge in [0, 0.05) is 18.3 Å². The molecule has 2 fully saturated rings. The summed E-state index contributed by atoms with van der Waals surface area (Å²) in [6.07, 6.45) is 12.3. The first kappa shape index (κ1) is 15.4. The van der Waals surface area contributed by atoms with Crippen molar-refractivity contribution in [2.45, 2.75) is 59.3 Å². The van der Waals surface area contributed by atoms with Crippen molar-refractivity contribution in [1.82, 2.24) is 0 Å². The molecular weight excluding hydrogens is 284 g/mol. The van der Waals surface area contributed by atoms with Crippen molar-refractivity contribution in [2.75, 3.05) is 0 Å². The third-order valence-electron chi connectivity index (χ3n) is 8.04. The lowest BCUT2D eigenvalue weighted by Crippen LogP contribution is -2.51. The summed E-state index contributed by atoms with van der Waals surface area (Å²) in [5.74, 6) is 2.87. The molecule has 0 unspecified atom stereocenters. The van der Waals surface area contributed by atoms with E-state index in [0.717, 1.165) is 32.1 Å². The van der Waals surface area contributed by atoms with E-state index in [1.54, 1.807) is 0 Å². The molecular formula is C21H28O2. The molecule has 23 heavy (non-hydrogen) atoms. The lowest BCUT2D eigenvalue weighted by Gasteiger charge is -2.57. The van der Waals surface area contributed by atoms with E-state index in [2.05, 4.69) is 32.9 Å². The van der Waals surface area contributed by atoms with E-state index in [1.165, 1.54) is 5.57 Å². The molecule has 124 valence electrons. The van der Waals surface area contributed by atoms with Crippen LogP contribution in [-0.2, 0) is 9.59 Å². The Balaban J connectivity index is 1.79. The van der Waals surface area contributed by atoms with Crippen molar-refractivity contribution in [3.63, 3.8) is 0 Å². The number of hydrogen-bond acceptors (Lipinski definition) is 2. The molecule has 4 rings (SSSR count). The zero-order valence-electron chi connectivity index (χ0n) is 14.6. The molecule has 0 aromatic rings. The molecule has 0 spiro atoms. The monoisotopic (exact) mass is 312 g/mol. The highest BCUT2D eigenvalue weighted by molar-refractivity contribution is 5.92. The third-order valence-corrected chi connectivity index (χ3v) is 8.04. The molecule has 0 aliphatic heterocycles. The van der Waals surface area contributed by atoms with Gasteiger partial charge < -0.3 is 0 Å². The molecule has 0 bridgehead atoms. The quantitative estimate of drug-likeness (QED) is 0.714. The highest BCUT2D eigenvalue weighted by Crippen LogP contribution is 2.64. The van der Waals surface area contributed by atoms with Gasteiger partial charge in [-0.3, -0.25) is 9.59 Å². The standard InChI is InChI=1S/C21H28O2/c1-4-13-11-15(22)12-14-5-6-16-17-7-8-19(23)20(17,2)10-9-18(16)21(13,14)3/h5-6,12-13,16-18H,4,7-11H2,1-3H3/t13-,16-,17-,18-,20-,21-/m0/s1. The fraction of sp³-hybridized carbons (Fsp3) is 0.714. The fourth-order valence-corrected chi connectivity index (χ4v) is 6.54. The van der Waals surface area contributed by atoms with E-state index >= 15 is 0 Å². The van der Waals surface area contributed by atoms with Crippen LogP contribution in [0.4, 0.5) is 0 Å². The van der Waals surface area contributed by atoms with Gasteiger partial charge in [-0.2, -0.15) is 0 Å². The van der Waals surface area contributed by atoms with E-state index < -0.39 is 0 Å². The van der Waals surface area contributed by atoms with Gasteiger partial charge in [-0.1, -0.05) is 39.3 Å². The molecule has 2 nitrogen and oxygen atoms in total. The van der Waals surface area contributed by atoms with E-state index in [9.17, 15) is 9.59 Å². The van der Waals surface area contributed by atoms with E-state index in [0.29, 0.717) is 41.7 Å². The normalized spacial score (nSPS) is 48.6. The van der Waals surface area contributed by atoms with Crippen LogP contribution in [-0.4, -0.2) is 11.6 Å². The van der Waals surface area contributed by atoms with Crippen LogP contribution in [0.2, 0.25) is 0 Å². The van der Waals surface area contributed by atoms with Gasteiger partial charge >= 0.3 is 0 Å². The van der Waals surface area contributed by atoms with E-state index in [1.807, 2.05) is 6.08 Å². The molecule has 2 heteroatoms. The van der Waals surface area contributed by atoms with Gasteiger partial charge in [0.15, 0.2) is 5.78 Å². The maximum Gasteiger partial charge on any atom is 0.156 e. The molecule has 6 atom stereocenters. The number of allylic oxidation sites excluding steroid dienone is 4. The summed E-state index contributed by atoms with van der Waals surface area (Å²) in [5.41, 5.74) is 1.29. The minimum Gasteiger partial charge on any atom is -0.299 e. The first-order chi connectivity index (χ1) is 10.9. The van der Waals surface area contributed by atoms with Crippen LogP contribution in [0, 0.1) is 34.5 Å². The summed E-state index contributed by atoms with van der Waals surface area (Å²) in [6.45, 7) is 6.85. The highest BCUT2D eigenvalue weighted by atomic mass is 16.1. The Bertz CT molecular complexity index is 628. The molecule has 0 aromatic heterocycles. The minimum absolute atomic E-state index is 0.0880. The van der Waals surface area contributed by atoms with Gasteiger partial charge in [-0.25, -0.2) is 0 Å². The van der Waals surface area contributed by atoms with Crippen molar-refractivity contribution in [3.05, 3.63) is 23.8 Å². The SMILES string of the molecule is CC[C@H]1CC(=O)C=C2C=C[C@@H]3[C@H](CC[C@]4(C)C(=O)CC[C@@H]34)[C@]21C. The summed E-state index contributed by atoms with van der Waals surface area (Å²) in [7, 11) is 0. The van der Waals surface area contributed by atoms with E-state index in [-0.39, 0.29) is 10.8 Å². The maximum absolute atomic E-state index is 12.5. The molecule has 2 saturated carbocycles. The first-order valence-corrected chi connectivity index (χ1v) is 9.37. The second-order valence-corrected chi connectivity index (χ2v) is 8.73. The number of Topliss-reactive ketones (excluding diaryl/α,β-unsaturated/α-hetero) is 1. The summed E-state index contributed by atoms with van der Waals surface area (Å²) in [5, 5.41) is 0. The molecule has 0 heterocycles. The lowest BCUT2D eigenvalue weighted by atomic mass is 9.47. The summed E-state index contributed by atoms with van der Waals surface area (Å²) in [6, 6.07) is 0. The van der Waals surface area contributed by atoms with Crippen molar-refractivity contribution < 1.29 is 9.59 Å². The van der Waals surface area contributed by atoms with Crippen LogP contribution in [0.5, 0.6) is 0 Å². The summed E-state index contributed by atoms with van der Waals surface area (Å²) in [4.78, 5) is 24.6. The van der Waals surface area contributed by atoms with Crippen molar-refractivity contribution in [2.24, 2.45) is 34.5 Å². The molecule has 4 aliphatic carbocycles. The van der Waals surface area contributed by atoms with E-state index in [4.69, 9.17) is 0 Å². The Morgan fingerprint density at radius 3 is 2.70 bits per heavy atom. The lowest BCUT2D eigenvalue weighted by molar-refractivity contribution is -0.131. The Hall–Kier alpha value is -1.18. The molecule has 0 amide bonds. The highest BCUT2D eigenvalue weighted by Gasteiger charge is 2.59. The van der Waals surface area contributed by atoms with Crippen LogP contribution in [0.1, 0.15) is 59.3 Å². The zero-order valence-corrected chi connectivity index (χ0v) is 14.6. The number of rotatable bonds is 1. The number of ketones is 2. The number of fused-ring (bicyclic) bond motifs is 5.